The van der Waals surface area contributed by atoms with Crippen molar-refractivity contribution < 1.29 is 14.3 Å². The second-order valence-electron chi connectivity index (χ2n) is 5.25. The van der Waals surface area contributed by atoms with Gasteiger partial charge in [0.2, 0.25) is 0 Å². The van der Waals surface area contributed by atoms with Crippen LogP contribution in [0.1, 0.15) is 37.8 Å². The van der Waals surface area contributed by atoms with Crippen LogP contribution in [0.25, 0.3) is 0 Å². The number of nitrogens with zero attached hydrogens (tertiary/aromatic N) is 2. The van der Waals surface area contributed by atoms with Gasteiger partial charge in [0.15, 0.2) is 5.89 Å². The lowest BCUT2D eigenvalue weighted by atomic mass is 10.0. The zero-order chi connectivity index (χ0) is 13.3. The molecule has 100 valence electrons. The third-order valence-electron chi connectivity index (χ3n) is 3.25. The maximum absolute atomic E-state index is 11.0. The molecular weight excluding hydrogens is 234 g/mol. The lowest BCUT2D eigenvalue weighted by Crippen LogP contribution is -2.50. The molecule has 6 nitrogen and oxygen atoms in total. The van der Waals surface area contributed by atoms with Crippen molar-refractivity contribution in [2.24, 2.45) is 5.73 Å². The smallest absolute Gasteiger partial charge is 0.325 e. The average Bonchev–Trinajstić information content (AvgIpc) is 2.87. The molecule has 0 amide bonds. The minimum Gasteiger partial charge on any atom is -0.480 e. The molecule has 1 aliphatic rings. The zero-order valence-electron chi connectivity index (χ0n) is 10.7. The Balaban J connectivity index is 1.97. The summed E-state index contributed by atoms with van der Waals surface area (Å²) in [5.41, 5.74) is 5.52. The van der Waals surface area contributed by atoms with Crippen LogP contribution in [0.3, 0.4) is 0 Å². The van der Waals surface area contributed by atoms with Crippen LogP contribution in [0.2, 0.25) is 0 Å². The normalized spacial score (nSPS) is 24.9. The SMILES string of the molecule is CC(C)c1nc(CN2CCC(N)(C(=O)O)C2)co1. The van der Waals surface area contributed by atoms with Gasteiger partial charge in [-0.3, -0.25) is 9.69 Å². The first-order chi connectivity index (χ1) is 8.40. The van der Waals surface area contributed by atoms with E-state index >= 15 is 0 Å². The summed E-state index contributed by atoms with van der Waals surface area (Å²) in [4.78, 5) is 17.4. The second kappa shape index (κ2) is 4.70. The van der Waals surface area contributed by atoms with Gasteiger partial charge in [-0.1, -0.05) is 13.8 Å². The predicted octanol–water partition coefficient (Wildman–Crippen LogP) is 0.786. The molecule has 2 rings (SSSR count). The summed E-state index contributed by atoms with van der Waals surface area (Å²) >= 11 is 0. The van der Waals surface area contributed by atoms with Crippen molar-refractivity contribution in [3.63, 3.8) is 0 Å². The Hall–Kier alpha value is -1.40. The van der Waals surface area contributed by atoms with Crippen molar-refractivity contribution in [1.82, 2.24) is 9.88 Å². The van der Waals surface area contributed by atoms with Crippen molar-refractivity contribution in [3.05, 3.63) is 17.8 Å². The molecule has 1 atom stereocenters. The molecule has 18 heavy (non-hydrogen) atoms. The molecule has 0 spiro atoms. The minimum atomic E-state index is -1.12. The largest absolute Gasteiger partial charge is 0.480 e. The Kier molecular flexibility index (Phi) is 3.41. The van der Waals surface area contributed by atoms with E-state index in [1.54, 1.807) is 6.26 Å². The highest BCUT2D eigenvalue weighted by molar-refractivity contribution is 5.79. The monoisotopic (exact) mass is 253 g/mol. The molecule has 0 aromatic carbocycles. The minimum absolute atomic E-state index is 0.255. The molecule has 0 bridgehead atoms. The highest BCUT2D eigenvalue weighted by Gasteiger charge is 2.41. The van der Waals surface area contributed by atoms with Crippen molar-refractivity contribution in [3.8, 4) is 0 Å². The Morgan fingerprint density at radius 3 is 2.94 bits per heavy atom. The van der Waals surface area contributed by atoms with Crippen LogP contribution in [-0.4, -0.2) is 39.6 Å². The number of carbonyl (C=O) groups is 1. The third-order valence-corrected chi connectivity index (χ3v) is 3.25. The number of nitrogens with two attached hydrogens (primary N) is 1. The van der Waals surface area contributed by atoms with E-state index in [4.69, 9.17) is 15.3 Å². The zero-order valence-corrected chi connectivity index (χ0v) is 10.7. The fourth-order valence-corrected chi connectivity index (χ4v) is 2.11. The summed E-state index contributed by atoms with van der Waals surface area (Å²) in [7, 11) is 0. The Morgan fingerprint density at radius 2 is 2.44 bits per heavy atom. The van der Waals surface area contributed by atoms with Crippen LogP contribution >= 0.6 is 0 Å². The molecule has 0 saturated carbocycles. The van der Waals surface area contributed by atoms with Gasteiger partial charge in [-0.05, 0) is 6.42 Å². The predicted molar refractivity (Wildman–Crippen MR) is 65.0 cm³/mol. The quantitative estimate of drug-likeness (QED) is 0.824. The number of rotatable bonds is 4. The number of likely N-dealkylation sites (tertiary alicyclic amines) is 1. The molecule has 2 heterocycles. The van der Waals surface area contributed by atoms with Crippen molar-refractivity contribution in [2.45, 2.75) is 38.3 Å². The fraction of sp³-hybridized carbons (Fsp3) is 0.667. The molecule has 6 heteroatoms. The van der Waals surface area contributed by atoms with Gasteiger partial charge >= 0.3 is 5.97 Å². The van der Waals surface area contributed by atoms with Gasteiger partial charge < -0.3 is 15.3 Å². The lowest BCUT2D eigenvalue weighted by Gasteiger charge is -2.19. The summed E-state index contributed by atoms with van der Waals surface area (Å²) in [6.45, 7) is 5.64. The van der Waals surface area contributed by atoms with E-state index in [-0.39, 0.29) is 5.92 Å². The van der Waals surface area contributed by atoms with Crippen LogP contribution < -0.4 is 5.73 Å². The standard InChI is InChI=1S/C12H19N3O3/c1-8(2)10-14-9(6-18-10)5-15-4-3-12(13,7-15)11(16)17/h6,8H,3-5,7,13H2,1-2H3,(H,16,17). The van der Waals surface area contributed by atoms with Crippen LogP contribution in [0.4, 0.5) is 0 Å². The summed E-state index contributed by atoms with van der Waals surface area (Å²) < 4.78 is 5.35. The first-order valence-corrected chi connectivity index (χ1v) is 6.09. The lowest BCUT2D eigenvalue weighted by molar-refractivity contribution is -0.142. The van der Waals surface area contributed by atoms with Crippen LogP contribution in [0.15, 0.2) is 10.7 Å². The number of hydrogen-bond acceptors (Lipinski definition) is 5. The number of carboxylic acids is 1. The summed E-state index contributed by atoms with van der Waals surface area (Å²) in [6, 6.07) is 0. The van der Waals surface area contributed by atoms with Gasteiger partial charge in [0.25, 0.3) is 0 Å². The van der Waals surface area contributed by atoms with E-state index in [1.807, 2.05) is 18.7 Å². The first kappa shape index (κ1) is 13.0. The average molecular weight is 253 g/mol. The summed E-state index contributed by atoms with van der Waals surface area (Å²) in [5.74, 6) is 0.0272. The molecule has 0 aliphatic carbocycles. The van der Waals surface area contributed by atoms with Crippen LogP contribution in [0, 0.1) is 0 Å². The molecule has 3 N–H and O–H groups in total. The number of hydrogen-bond donors (Lipinski definition) is 2. The molecule has 1 unspecified atom stereocenters. The maximum atomic E-state index is 11.0. The molecule has 1 fully saturated rings. The molecule has 1 saturated heterocycles. The number of oxazole rings is 1. The van der Waals surface area contributed by atoms with E-state index in [2.05, 4.69) is 4.98 Å². The van der Waals surface area contributed by atoms with Crippen LogP contribution in [0.5, 0.6) is 0 Å². The van der Waals surface area contributed by atoms with Gasteiger partial charge in [0, 0.05) is 25.6 Å². The third kappa shape index (κ3) is 2.54. The molecule has 1 aliphatic heterocycles. The fourth-order valence-electron chi connectivity index (χ4n) is 2.11. The van der Waals surface area contributed by atoms with E-state index in [9.17, 15) is 4.79 Å². The maximum Gasteiger partial charge on any atom is 0.325 e. The molecule has 1 aromatic rings. The van der Waals surface area contributed by atoms with Gasteiger partial charge in [-0.2, -0.15) is 0 Å². The Bertz CT molecular complexity index is 444. The Morgan fingerprint density at radius 1 is 1.72 bits per heavy atom. The summed E-state index contributed by atoms with van der Waals surface area (Å²) in [6.07, 6.45) is 2.10. The van der Waals surface area contributed by atoms with Gasteiger partial charge in [0.1, 0.15) is 11.8 Å². The van der Waals surface area contributed by atoms with Crippen molar-refractivity contribution in [1.29, 1.82) is 0 Å². The first-order valence-electron chi connectivity index (χ1n) is 6.09. The Labute approximate surface area is 106 Å². The number of aromatic nitrogens is 1. The van der Waals surface area contributed by atoms with Crippen molar-refractivity contribution >= 4 is 5.97 Å². The number of carboxylic acid groups (broad SMARTS) is 1. The highest BCUT2D eigenvalue weighted by atomic mass is 16.4. The van der Waals surface area contributed by atoms with E-state index in [1.165, 1.54) is 0 Å². The van der Waals surface area contributed by atoms with Crippen molar-refractivity contribution in [2.75, 3.05) is 13.1 Å². The molecule has 1 aromatic heterocycles. The van der Waals surface area contributed by atoms with E-state index < -0.39 is 11.5 Å². The second-order valence-corrected chi connectivity index (χ2v) is 5.25. The topological polar surface area (TPSA) is 92.6 Å². The molecule has 0 radical (unpaired) electrons. The highest BCUT2D eigenvalue weighted by Crippen LogP contribution is 2.21. The summed E-state index contributed by atoms with van der Waals surface area (Å²) in [5, 5.41) is 9.05. The molecular formula is C12H19N3O3. The van der Waals surface area contributed by atoms with Gasteiger partial charge in [-0.15, -0.1) is 0 Å². The van der Waals surface area contributed by atoms with Gasteiger partial charge in [0.05, 0.1) is 5.69 Å². The van der Waals surface area contributed by atoms with E-state index in [0.717, 1.165) is 5.69 Å². The van der Waals surface area contributed by atoms with Crippen LogP contribution in [-0.2, 0) is 11.3 Å². The number of aliphatic carboxylic acids is 1. The van der Waals surface area contributed by atoms with E-state index in [0.29, 0.717) is 31.9 Å². The van der Waals surface area contributed by atoms with Gasteiger partial charge in [-0.25, -0.2) is 4.98 Å².